The number of rotatable bonds is 2. The van der Waals surface area contributed by atoms with Crippen LogP contribution in [0.4, 0.5) is 0 Å². The highest BCUT2D eigenvalue weighted by molar-refractivity contribution is 7.95. The highest BCUT2D eigenvalue weighted by atomic mass is 32.2. The quantitative estimate of drug-likeness (QED) is 0.694. The van der Waals surface area contributed by atoms with Crippen LogP contribution in [0.1, 0.15) is 41.5 Å². The Morgan fingerprint density at radius 3 is 2.19 bits per heavy atom. The van der Waals surface area contributed by atoms with Gasteiger partial charge in [-0.25, -0.2) is 8.42 Å². The summed E-state index contributed by atoms with van der Waals surface area (Å²) in [6.07, 6.45) is -0.993. The fourth-order valence-electron chi connectivity index (χ4n) is 3.13. The van der Waals surface area contributed by atoms with E-state index in [1.54, 1.807) is 28.6 Å². The van der Waals surface area contributed by atoms with Crippen molar-refractivity contribution in [3.8, 4) is 0 Å². The van der Waals surface area contributed by atoms with Crippen molar-refractivity contribution in [1.29, 1.82) is 0 Å². The summed E-state index contributed by atoms with van der Waals surface area (Å²) in [6, 6.07) is 0. The second-order valence-corrected chi connectivity index (χ2v) is 11.4. The summed E-state index contributed by atoms with van der Waals surface area (Å²) in [5.41, 5.74) is -0.311. The number of sulfone groups is 1. The molecule has 0 radical (unpaired) electrons. The summed E-state index contributed by atoms with van der Waals surface area (Å²) in [5.74, 6) is 0. The molecule has 0 aromatic rings. The van der Waals surface area contributed by atoms with Gasteiger partial charge in [-0.15, -0.1) is 0 Å². The molecule has 5 nitrogen and oxygen atoms in total. The molecule has 2 aliphatic heterocycles. The van der Waals surface area contributed by atoms with Gasteiger partial charge in [-0.1, -0.05) is 0 Å². The predicted octanol–water partition coefficient (Wildman–Crippen LogP) is 0.510. The van der Waals surface area contributed by atoms with E-state index in [-0.39, 0.29) is 24.4 Å². The van der Waals surface area contributed by atoms with Gasteiger partial charge in [0.15, 0.2) is 9.84 Å². The van der Waals surface area contributed by atoms with Crippen LogP contribution in [0.5, 0.6) is 0 Å². The van der Waals surface area contributed by atoms with Crippen molar-refractivity contribution >= 4 is 17.7 Å². The van der Waals surface area contributed by atoms with Crippen molar-refractivity contribution in [1.82, 2.24) is 0 Å². The van der Waals surface area contributed by atoms with E-state index in [0.29, 0.717) is 6.61 Å². The Hall–Kier alpha value is -0.105. The molecule has 0 saturated carbocycles. The van der Waals surface area contributed by atoms with Crippen molar-refractivity contribution in [2.75, 3.05) is 13.2 Å². The maximum atomic E-state index is 12.9. The van der Waals surface area contributed by atoms with Crippen molar-refractivity contribution in [2.45, 2.75) is 74.8 Å². The number of ether oxygens (including phenoxy) is 3. The Labute approximate surface area is 129 Å². The minimum Gasteiger partial charge on any atom is -0.372 e. The maximum Gasteiger partial charge on any atom is 0.158 e. The Balaban J connectivity index is 2.26. The zero-order valence-electron chi connectivity index (χ0n) is 14.1. The topological polar surface area (TPSA) is 61.8 Å². The van der Waals surface area contributed by atoms with Crippen molar-refractivity contribution in [3.63, 3.8) is 0 Å². The normalized spacial score (nSPS) is 37.7. The molecule has 0 bridgehead atoms. The van der Waals surface area contributed by atoms with E-state index in [1.165, 1.54) is 0 Å². The Bertz CT molecular complexity index is 504. The van der Waals surface area contributed by atoms with E-state index in [2.05, 4.69) is 0 Å². The highest BCUT2D eigenvalue weighted by Crippen LogP contribution is 2.42. The third-order valence-electron chi connectivity index (χ3n) is 4.19. The molecule has 2 aliphatic rings. The van der Waals surface area contributed by atoms with Gasteiger partial charge >= 0.3 is 0 Å². The van der Waals surface area contributed by atoms with Crippen LogP contribution in [-0.2, 0) is 24.0 Å². The molecule has 0 spiro atoms. The summed E-state index contributed by atoms with van der Waals surface area (Å²) in [7, 11) is -1.67. The summed E-state index contributed by atoms with van der Waals surface area (Å²) in [6.45, 7) is 11.6. The van der Waals surface area contributed by atoms with Gasteiger partial charge in [0, 0.05) is 0 Å². The second-order valence-electron chi connectivity index (χ2n) is 8.23. The first-order valence-electron chi connectivity index (χ1n) is 7.45. The lowest BCUT2D eigenvalue weighted by molar-refractivity contribution is -0.102. The molecule has 7 heteroatoms. The lowest BCUT2D eigenvalue weighted by atomic mass is 9.81. The molecule has 21 heavy (non-hydrogen) atoms. The van der Waals surface area contributed by atoms with E-state index in [0.717, 1.165) is 0 Å². The first-order valence-corrected chi connectivity index (χ1v) is 8.93. The van der Waals surface area contributed by atoms with Gasteiger partial charge in [-0.3, -0.25) is 0 Å². The minimum atomic E-state index is -3.40. The number of fused-ring (bicyclic) bond motifs is 1. The zero-order chi connectivity index (χ0) is 16.3. The largest absolute Gasteiger partial charge is 0.372 e. The van der Waals surface area contributed by atoms with E-state index in [4.69, 9.17) is 14.2 Å². The first kappa shape index (κ1) is 17.3. The summed E-state index contributed by atoms with van der Waals surface area (Å²) >= 11 is 0. The maximum absolute atomic E-state index is 12.9. The van der Waals surface area contributed by atoms with E-state index in [1.807, 2.05) is 20.8 Å². The molecule has 2 heterocycles. The third kappa shape index (κ3) is 2.78. The first-order chi connectivity index (χ1) is 9.30. The third-order valence-corrected chi connectivity index (χ3v) is 7.38. The van der Waals surface area contributed by atoms with Crippen LogP contribution in [0.3, 0.4) is 0 Å². The Kier molecular flexibility index (Phi) is 4.06. The van der Waals surface area contributed by atoms with Crippen LogP contribution in [-0.4, -0.2) is 62.8 Å². The average Bonchev–Trinajstić information content (AvgIpc) is 2.79. The second kappa shape index (κ2) is 4.95. The van der Waals surface area contributed by atoms with Gasteiger partial charge in [-0.05, 0) is 41.5 Å². The standard InChI is InChI=1S/C14H27BO5S/c1-12(2,3)20-9-7-18-11-10(9)19-8-14(11,15)21(16,17)13(4,5)6/h9-11H,7-8,15H2,1-6H3/t9?,10-,11+,14?/m1/s1. The van der Waals surface area contributed by atoms with E-state index in [9.17, 15) is 8.42 Å². The number of hydrogen-bond donors (Lipinski definition) is 0. The molecule has 2 rings (SSSR count). The molecule has 0 aromatic carbocycles. The molecule has 0 aliphatic carbocycles. The van der Waals surface area contributed by atoms with Gasteiger partial charge in [0.2, 0.25) is 0 Å². The Morgan fingerprint density at radius 2 is 1.71 bits per heavy atom. The van der Waals surface area contributed by atoms with Crippen molar-refractivity contribution in [2.24, 2.45) is 0 Å². The van der Waals surface area contributed by atoms with E-state index >= 15 is 0 Å². The summed E-state index contributed by atoms with van der Waals surface area (Å²) in [4.78, 5) is 0. The van der Waals surface area contributed by atoms with Gasteiger partial charge in [0.25, 0.3) is 0 Å². The molecule has 2 fully saturated rings. The molecule has 122 valence electrons. The smallest absolute Gasteiger partial charge is 0.158 e. The van der Waals surface area contributed by atoms with Crippen LogP contribution in [0.25, 0.3) is 0 Å². The van der Waals surface area contributed by atoms with Gasteiger partial charge in [0.05, 0.1) is 28.2 Å². The monoisotopic (exact) mass is 318 g/mol. The van der Waals surface area contributed by atoms with Gasteiger partial charge < -0.3 is 14.2 Å². The van der Waals surface area contributed by atoms with Crippen molar-refractivity contribution < 1.29 is 22.6 Å². The highest BCUT2D eigenvalue weighted by Gasteiger charge is 2.62. The predicted molar refractivity (Wildman–Crippen MR) is 84.1 cm³/mol. The molecule has 0 aromatic heterocycles. The van der Waals surface area contributed by atoms with Crippen LogP contribution in [0, 0.1) is 0 Å². The lowest BCUT2D eigenvalue weighted by Gasteiger charge is -2.35. The van der Waals surface area contributed by atoms with Crippen LogP contribution in [0.2, 0.25) is 0 Å². The van der Waals surface area contributed by atoms with Crippen LogP contribution >= 0.6 is 0 Å². The minimum absolute atomic E-state index is 0.159. The summed E-state index contributed by atoms with van der Waals surface area (Å²) in [5, 5.41) is 0. The molecule has 0 N–H and O–H groups in total. The molecule has 0 amide bonds. The van der Waals surface area contributed by atoms with Gasteiger partial charge in [0.1, 0.15) is 26.2 Å². The Morgan fingerprint density at radius 1 is 1.14 bits per heavy atom. The molecule has 2 unspecified atom stereocenters. The molecular formula is C14H27BO5S. The van der Waals surface area contributed by atoms with Crippen LogP contribution in [0.15, 0.2) is 0 Å². The fourth-order valence-corrected chi connectivity index (χ4v) is 5.26. The molecule has 2 saturated heterocycles. The lowest BCUT2D eigenvalue weighted by Crippen LogP contribution is -2.56. The average molecular weight is 318 g/mol. The fraction of sp³-hybridized carbons (Fsp3) is 1.00. The summed E-state index contributed by atoms with van der Waals surface area (Å²) < 4.78 is 41.5. The van der Waals surface area contributed by atoms with Crippen molar-refractivity contribution in [3.05, 3.63) is 0 Å². The SMILES string of the molecule is BC1(S(=O)(=O)C(C)(C)C)CO[C@@H]2C(OC(C)(C)C)CO[C@@H]21. The number of hydrogen-bond acceptors (Lipinski definition) is 5. The van der Waals surface area contributed by atoms with Gasteiger partial charge in [-0.2, -0.15) is 0 Å². The van der Waals surface area contributed by atoms with E-state index < -0.39 is 25.3 Å². The molecular weight excluding hydrogens is 291 g/mol. The van der Waals surface area contributed by atoms with Crippen LogP contribution < -0.4 is 0 Å². The molecule has 4 atom stereocenters. The zero-order valence-corrected chi connectivity index (χ0v) is 14.9.